The smallest absolute Gasteiger partial charge is 0.251 e. The van der Waals surface area contributed by atoms with Crippen LogP contribution in [0.15, 0.2) is 28.8 Å². The molecule has 0 radical (unpaired) electrons. The Morgan fingerprint density at radius 1 is 1.48 bits per heavy atom. The molecule has 122 valence electrons. The number of carbonyl (C=O) groups is 1. The maximum Gasteiger partial charge on any atom is 0.251 e. The quantitative estimate of drug-likeness (QED) is 0.934. The Morgan fingerprint density at radius 3 is 3.04 bits per heavy atom. The SMILES string of the molecule is CN(C)Cc1noc2c1CC(NC(=O)c1cccc(Cl)c1)CC2. The molecule has 1 aliphatic carbocycles. The molecule has 5 nitrogen and oxygen atoms in total. The van der Waals surface area contributed by atoms with Crippen molar-refractivity contribution in [1.82, 2.24) is 15.4 Å². The molecule has 0 spiro atoms. The van der Waals surface area contributed by atoms with Crippen LogP contribution in [0.1, 0.15) is 33.8 Å². The molecule has 23 heavy (non-hydrogen) atoms. The molecule has 1 amide bonds. The number of hydrogen-bond acceptors (Lipinski definition) is 4. The average molecular weight is 334 g/mol. The number of carbonyl (C=O) groups excluding carboxylic acids is 1. The lowest BCUT2D eigenvalue weighted by molar-refractivity contribution is 0.0932. The van der Waals surface area contributed by atoms with Gasteiger partial charge in [-0.25, -0.2) is 0 Å². The third-order valence-corrected chi connectivity index (χ3v) is 4.24. The molecule has 2 aromatic rings. The fourth-order valence-electron chi connectivity index (χ4n) is 2.91. The number of rotatable bonds is 4. The topological polar surface area (TPSA) is 58.4 Å². The third kappa shape index (κ3) is 3.74. The van der Waals surface area contributed by atoms with E-state index in [2.05, 4.69) is 15.4 Å². The molecule has 0 bridgehead atoms. The van der Waals surface area contributed by atoms with Gasteiger partial charge in [-0.3, -0.25) is 4.79 Å². The van der Waals surface area contributed by atoms with E-state index in [4.69, 9.17) is 16.1 Å². The summed E-state index contributed by atoms with van der Waals surface area (Å²) in [4.78, 5) is 14.4. The lowest BCUT2D eigenvalue weighted by atomic mass is 9.91. The van der Waals surface area contributed by atoms with Crippen LogP contribution in [0.3, 0.4) is 0 Å². The van der Waals surface area contributed by atoms with E-state index in [0.29, 0.717) is 10.6 Å². The summed E-state index contributed by atoms with van der Waals surface area (Å²) in [6.07, 6.45) is 2.42. The number of fused-ring (bicyclic) bond motifs is 1. The van der Waals surface area contributed by atoms with E-state index in [-0.39, 0.29) is 11.9 Å². The number of halogens is 1. The van der Waals surface area contributed by atoms with E-state index in [1.54, 1.807) is 24.3 Å². The van der Waals surface area contributed by atoms with Crippen LogP contribution in [0.25, 0.3) is 0 Å². The fourth-order valence-corrected chi connectivity index (χ4v) is 3.10. The van der Waals surface area contributed by atoms with Gasteiger partial charge in [0.2, 0.25) is 0 Å². The van der Waals surface area contributed by atoms with Crippen molar-refractivity contribution in [3.8, 4) is 0 Å². The van der Waals surface area contributed by atoms with E-state index < -0.39 is 0 Å². The second kappa shape index (κ2) is 6.72. The summed E-state index contributed by atoms with van der Waals surface area (Å²) in [7, 11) is 4.00. The number of nitrogens with one attached hydrogen (secondary N) is 1. The Bertz CT molecular complexity index is 712. The first-order valence-electron chi connectivity index (χ1n) is 7.70. The van der Waals surface area contributed by atoms with Crippen molar-refractivity contribution in [1.29, 1.82) is 0 Å². The molecule has 1 N–H and O–H groups in total. The molecular weight excluding hydrogens is 314 g/mol. The van der Waals surface area contributed by atoms with Crippen molar-refractivity contribution in [2.75, 3.05) is 14.1 Å². The van der Waals surface area contributed by atoms with Crippen molar-refractivity contribution in [2.45, 2.75) is 31.8 Å². The van der Waals surface area contributed by atoms with E-state index in [9.17, 15) is 4.79 Å². The molecule has 1 aliphatic rings. The molecule has 6 heteroatoms. The van der Waals surface area contributed by atoms with E-state index in [1.165, 1.54) is 0 Å². The zero-order valence-electron chi connectivity index (χ0n) is 13.3. The summed E-state index contributed by atoms with van der Waals surface area (Å²) in [5, 5.41) is 7.83. The Kier molecular flexibility index (Phi) is 4.68. The number of nitrogens with zero attached hydrogens (tertiary/aromatic N) is 2. The Balaban J connectivity index is 1.69. The highest BCUT2D eigenvalue weighted by Gasteiger charge is 2.27. The van der Waals surface area contributed by atoms with Gasteiger partial charge < -0.3 is 14.7 Å². The van der Waals surface area contributed by atoms with Gasteiger partial charge in [-0.1, -0.05) is 22.8 Å². The van der Waals surface area contributed by atoms with Crippen molar-refractivity contribution >= 4 is 17.5 Å². The highest BCUT2D eigenvalue weighted by atomic mass is 35.5. The third-order valence-electron chi connectivity index (χ3n) is 4.01. The highest BCUT2D eigenvalue weighted by molar-refractivity contribution is 6.30. The van der Waals surface area contributed by atoms with Gasteiger partial charge in [-0.05, 0) is 45.1 Å². The Morgan fingerprint density at radius 2 is 2.30 bits per heavy atom. The maximum atomic E-state index is 12.4. The van der Waals surface area contributed by atoms with Crippen LogP contribution in [0.5, 0.6) is 0 Å². The summed E-state index contributed by atoms with van der Waals surface area (Å²) >= 11 is 5.95. The zero-order valence-corrected chi connectivity index (χ0v) is 14.1. The van der Waals surface area contributed by atoms with Crippen molar-refractivity contribution in [3.05, 3.63) is 51.9 Å². The lowest BCUT2D eigenvalue weighted by Gasteiger charge is -2.23. The molecule has 1 unspecified atom stereocenters. The van der Waals surface area contributed by atoms with Gasteiger partial charge in [0.25, 0.3) is 5.91 Å². The van der Waals surface area contributed by atoms with E-state index >= 15 is 0 Å². The molecule has 1 aromatic heterocycles. The molecule has 1 heterocycles. The Labute approximate surface area is 140 Å². The van der Waals surface area contributed by atoms with E-state index in [1.807, 2.05) is 14.1 Å². The average Bonchev–Trinajstić information content (AvgIpc) is 2.89. The minimum atomic E-state index is -0.0911. The molecule has 0 fully saturated rings. The number of amides is 1. The maximum absolute atomic E-state index is 12.4. The van der Waals surface area contributed by atoms with Gasteiger partial charge in [0.05, 0.1) is 0 Å². The van der Waals surface area contributed by atoms with Crippen LogP contribution >= 0.6 is 11.6 Å². The molecule has 1 aromatic carbocycles. The molecule has 3 rings (SSSR count). The predicted molar refractivity (Wildman–Crippen MR) is 88.6 cm³/mol. The fraction of sp³-hybridized carbons (Fsp3) is 0.412. The van der Waals surface area contributed by atoms with Crippen molar-refractivity contribution < 1.29 is 9.32 Å². The second-order valence-corrected chi connectivity index (χ2v) is 6.63. The monoisotopic (exact) mass is 333 g/mol. The van der Waals surface area contributed by atoms with Gasteiger partial charge in [-0.2, -0.15) is 0 Å². The highest BCUT2D eigenvalue weighted by Crippen LogP contribution is 2.25. The summed E-state index contributed by atoms with van der Waals surface area (Å²) in [5.74, 6) is 0.863. The minimum absolute atomic E-state index is 0.0911. The van der Waals surface area contributed by atoms with Gasteiger partial charge in [0, 0.05) is 35.2 Å². The van der Waals surface area contributed by atoms with Crippen LogP contribution in [-0.4, -0.2) is 36.1 Å². The van der Waals surface area contributed by atoms with Gasteiger partial charge in [0.15, 0.2) is 0 Å². The number of benzene rings is 1. The van der Waals surface area contributed by atoms with Gasteiger partial charge in [0.1, 0.15) is 11.5 Å². The summed E-state index contributed by atoms with van der Waals surface area (Å²) < 4.78 is 5.43. The largest absolute Gasteiger partial charge is 0.361 e. The van der Waals surface area contributed by atoms with Crippen LogP contribution in [-0.2, 0) is 19.4 Å². The van der Waals surface area contributed by atoms with Crippen LogP contribution in [0.4, 0.5) is 0 Å². The van der Waals surface area contributed by atoms with Gasteiger partial charge >= 0.3 is 0 Å². The van der Waals surface area contributed by atoms with Crippen LogP contribution in [0, 0.1) is 0 Å². The number of hydrogen-bond donors (Lipinski definition) is 1. The van der Waals surface area contributed by atoms with Crippen LogP contribution < -0.4 is 5.32 Å². The summed E-state index contributed by atoms with van der Waals surface area (Å²) in [6, 6.07) is 7.09. The summed E-state index contributed by atoms with van der Waals surface area (Å²) in [5.41, 5.74) is 2.69. The van der Waals surface area contributed by atoms with E-state index in [0.717, 1.165) is 42.8 Å². The first kappa shape index (κ1) is 16.0. The van der Waals surface area contributed by atoms with Crippen molar-refractivity contribution in [3.63, 3.8) is 0 Å². The molecular formula is C17H20ClN3O2. The standard InChI is InChI=1S/C17H20ClN3O2/c1-21(2)10-15-14-9-13(6-7-16(14)23-20-15)19-17(22)11-4-3-5-12(18)8-11/h3-5,8,13H,6-7,9-10H2,1-2H3,(H,19,22). The summed E-state index contributed by atoms with van der Waals surface area (Å²) in [6.45, 7) is 0.744. The normalized spacial score (nSPS) is 17.1. The second-order valence-electron chi connectivity index (χ2n) is 6.19. The number of aromatic nitrogens is 1. The minimum Gasteiger partial charge on any atom is -0.361 e. The molecule has 0 aliphatic heterocycles. The lowest BCUT2D eigenvalue weighted by Crippen LogP contribution is -2.39. The first-order valence-corrected chi connectivity index (χ1v) is 8.08. The molecule has 1 atom stereocenters. The first-order chi connectivity index (χ1) is 11.0. The predicted octanol–water partition coefficient (Wildman–Crippen LogP) is 2.68. The van der Waals surface area contributed by atoms with Crippen LogP contribution in [0.2, 0.25) is 5.02 Å². The zero-order chi connectivity index (χ0) is 16.4. The van der Waals surface area contributed by atoms with Crippen molar-refractivity contribution in [2.24, 2.45) is 0 Å². The Hall–Kier alpha value is -1.85. The number of aryl methyl sites for hydroxylation is 1. The molecule has 0 saturated heterocycles. The molecule has 0 saturated carbocycles. The van der Waals surface area contributed by atoms with Gasteiger partial charge in [-0.15, -0.1) is 0 Å².